The zero-order chi connectivity index (χ0) is 26.1. The molecule has 0 saturated carbocycles. The summed E-state index contributed by atoms with van der Waals surface area (Å²) < 4.78 is 85.4. The molecule has 188 valence electrons. The normalized spacial score (nSPS) is 12.2. The zero-order valence-corrected chi connectivity index (χ0v) is 19.1. The summed E-state index contributed by atoms with van der Waals surface area (Å²) in [6.07, 6.45) is -2.22. The molecule has 1 heterocycles. The molecule has 0 saturated heterocycles. The zero-order valence-electron chi connectivity index (χ0n) is 17.6. The average molecular weight is 541 g/mol. The van der Waals surface area contributed by atoms with Crippen molar-refractivity contribution in [2.75, 3.05) is 0 Å². The lowest BCUT2D eigenvalue weighted by molar-refractivity contribution is -0.0247. The Kier molecular flexibility index (Phi) is 7.61. The van der Waals surface area contributed by atoms with Gasteiger partial charge in [-0.25, -0.2) is 31.1 Å². The smallest absolute Gasteiger partial charge is 0.334 e. The van der Waals surface area contributed by atoms with Crippen molar-refractivity contribution in [1.29, 1.82) is 0 Å². The number of halogens is 8. The Morgan fingerprint density at radius 1 is 0.714 bits per heavy atom. The maximum absolute atomic E-state index is 14.6. The van der Waals surface area contributed by atoms with Crippen molar-refractivity contribution in [2.24, 2.45) is 0 Å². The fraction of sp³-hybridized carbons (Fsp3) is 0.273. The van der Waals surface area contributed by atoms with Crippen LogP contribution in [0, 0.1) is 11.6 Å². The van der Waals surface area contributed by atoms with Crippen LogP contribution in [0.25, 0.3) is 0 Å². The van der Waals surface area contributed by atoms with Crippen LogP contribution >= 0.6 is 23.2 Å². The predicted molar refractivity (Wildman–Crippen MR) is 117 cm³/mol. The highest BCUT2D eigenvalue weighted by Crippen LogP contribution is 2.27. The third-order valence-electron chi connectivity index (χ3n) is 4.81. The van der Waals surface area contributed by atoms with E-state index in [2.05, 4.69) is 0 Å². The Morgan fingerprint density at radius 3 is 1.57 bits per heavy atom. The second-order valence-electron chi connectivity index (χ2n) is 7.92. The Hall–Kier alpha value is -2.92. The van der Waals surface area contributed by atoms with Gasteiger partial charge in [0.05, 0.1) is 19.2 Å². The molecule has 0 spiro atoms. The van der Waals surface area contributed by atoms with Crippen molar-refractivity contribution >= 4 is 23.2 Å². The molecular weight excluding hydrogens is 525 g/mol. The van der Waals surface area contributed by atoms with Crippen LogP contribution in [-0.2, 0) is 25.9 Å². The van der Waals surface area contributed by atoms with Crippen LogP contribution in [0.2, 0.25) is 10.0 Å². The van der Waals surface area contributed by atoms with E-state index < -0.39 is 66.5 Å². The fourth-order valence-electron chi connectivity index (χ4n) is 3.50. The van der Waals surface area contributed by atoms with E-state index in [1.54, 1.807) is 0 Å². The van der Waals surface area contributed by atoms with E-state index in [-0.39, 0.29) is 30.3 Å². The van der Waals surface area contributed by atoms with Gasteiger partial charge in [-0.2, -0.15) is 0 Å². The minimum absolute atomic E-state index is 0.0181. The Labute approximate surface area is 203 Å². The highest BCUT2D eigenvalue weighted by atomic mass is 35.5. The highest BCUT2D eigenvalue weighted by Gasteiger charge is 2.35. The number of hydrogen-bond acceptors (Lipinski definition) is 3. The summed E-state index contributed by atoms with van der Waals surface area (Å²) in [5.74, 6) is -10.5. The summed E-state index contributed by atoms with van der Waals surface area (Å²) in [5, 5.41) is 9.60. The number of rotatable bonds is 8. The molecule has 0 unspecified atom stereocenters. The first-order valence-corrected chi connectivity index (χ1v) is 10.6. The Balaban J connectivity index is 1.89. The lowest BCUT2D eigenvalue weighted by atomic mass is 10.1. The third kappa shape index (κ3) is 7.04. The Morgan fingerprint density at radius 2 is 1.14 bits per heavy atom. The molecule has 2 aromatic carbocycles. The van der Waals surface area contributed by atoms with Gasteiger partial charge in [-0.15, -0.1) is 0 Å². The summed E-state index contributed by atoms with van der Waals surface area (Å²) in [5.41, 5.74) is -3.43. The van der Waals surface area contributed by atoms with E-state index in [4.69, 9.17) is 23.2 Å². The molecule has 3 rings (SSSR count). The number of aromatic nitrogens is 2. The van der Waals surface area contributed by atoms with Crippen molar-refractivity contribution in [1.82, 2.24) is 9.13 Å². The van der Waals surface area contributed by atoms with Gasteiger partial charge >= 0.3 is 5.69 Å². The van der Waals surface area contributed by atoms with Gasteiger partial charge in [-0.3, -0.25) is 13.9 Å². The molecule has 5 nitrogen and oxygen atoms in total. The maximum Gasteiger partial charge on any atom is 0.334 e. The molecule has 35 heavy (non-hydrogen) atoms. The predicted octanol–water partition coefficient (Wildman–Crippen LogP) is 5.06. The van der Waals surface area contributed by atoms with Crippen molar-refractivity contribution < 1.29 is 31.4 Å². The third-order valence-corrected chi connectivity index (χ3v) is 5.24. The maximum atomic E-state index is 14.6. The van der Waals surface area contributed by atoms with E-state index in [1.807, 2.05) is 0 Å². The van der Waals surface area contributed by atoms with Crippen LogP contribution in [-0.4, -0.2) is 26.1 Å². The van der Waals surface area contributed by atoms with Gasteiger partial charge in [-0.05, 0) is 47.5 Å². The van der Waals surface area contributed by atoms with Crippen molar-refractivity contribution in [3.05, 3.63) is 96.1 Å². The molecule has 0 aliphatic heterocycles. The summed E-state index contributed by atoms with van der Waals surface area (Å²) in [7, 11) is 0. The van der Waals surface area contributed by atoms with Crippen molar-refractivity contribution in [3.63, 3.8) is 0 Å². The van der Waals surface area contributed by atoms with E-state index >= 15 is 0 Å². The summed E-state index contributed by atoms with van der Waals surface area (Å²) >= 11 is 11.3. The molecule has 0 aliphatic rings. The van der Waals surface area contributed by atoms with Crippen molar-refractivity contribution in [2.45, 2.75) is 37.8 Å². The van der Waals surface area contributed by atoms with Gasteiger partial charge in [-0.1, -0.05) is 23.2 Å². The first-order chi connectivity index (χ1) is 16.1. The topological polar surface area (TPSA) is 64.2 Å². The monoisotopic (exact) mass is 540 g/mol. The van der Waals surface area contributed by atoms with E-state index in [0.29, 0.717) is 6.07 Å². The van der Waals surface area contributed by atoms with Crippen LogP contribution in [0.5, 0.6) is 5.88 Å². The molecule has 0 atom stereocenters. The largest absolute Gasteiger partial charge is 0.494 e. The van der Waals surface area contributed by atoms with Crippen LogP contribution in [0.1, 0.15) is 11.1 Å². The van der Waals surface area contributed by atoms with Crippen molar-refractivity contribution in [3.8, 4) is 5.88 Å². The number of alkyl halides is 4. The van der Waals surface area contributed by atoms with E-state index in [9.17, 15) is 41.0 Å². The second-order valence-corrected chi connectivity index (χ2v) is 8.79. The number of benzene rings is 2. The summed E-state index contributed by atoms with van der Waals surface area (Å²) in [6.45, 7) is -3.04. The van der Waals surface area contributed by atoms with Crippen LogP contribution in [0.3, 0.4) is 0 Å². The van der Waals surface area contributed by atoms with E-state index in [0.717, 1.165) is 36.4 Å². The molecule has 0 amide bonds. The molecule has 0 aliphatic carbocycles. The molecule has 1 aromatic heterocycles. The number of hydrogen-bond donors (Lipinski definition) is 1. The quantitative estimate of drug-likeness (QED) is 0.406. The molecular formula is C22H16Cl2F6N2O3. The molecule has 13 heteroatoms. The standard InChI is InChI=1S/C22H16Cl2F6N2O3/c23-14-1-12(3-16(25)5-14)8-21(27,28)10-31-18(33)7-19(34)32(20(31)35)11-22(29,30)9-13-2-15(24)6-17(26)4-13/h1-7,33H,8-11H2. The summed E-state index contributed by atoms with van der Waals surface area (Å²) in [4.78, 5) is 24.7. The first-order valence-electron chi connectivity index (χ1n) is 9.83. The van der Waals surface area contributed by atoms with Crippen LogP contribution < -0.4 is 11.2 Å². The summed E-state index contributed by atoms with van der Waals surface area (Å²) in [6, 6.07) is 5.85. The highest BCUT2D eigenvalue weighted by molar-refractivity contribution is 6.30. The lowest BCUT2D eigenvalue weighted by Crippen LogP contribution is -2.46. The minimum Gasteiger partial charge on any atom is -0.494 e. The van der Waals surface area contributed by atoms with Crippen LogP contribution in [0.15, 0.2) is 52.1 Å². The molecule has 0 bridgehead atoms. The Bertz CT molecular complexity index is 1330. The van der Waals surface area contributed by atoms with Crippen LogP contribution in [0.4, 0.5) is 26.3 Å². The van der Waals surface area contributed by atoms with Gasteiger partial charge in [0.2, 0.25) is 5.88 Å². The van der Waals surface area contributed by atoms with Gasteiger partial charge in [0.1, 0.15) is 11.6 Å². The average Bonchev–Trinajstić information content (AvgIpc) is 2.66. The molecule has 3 aromatic rings. The molecule has 1 N–H and O–H groups in total. The number of nitrogens with zero attached hydrogens (tertiary/aromatic N) is 2. The van der Waals surface area contributed by atoms with Gasteiger partial charge < -0.3 is 5.11 Å². The van der Waals surface area contributed by atoms with E-state index in [1.165, 1.54) is 0 Å². The molecule has 0 fully saturated rings. The molecule has 0 radical (unpaired) electrons. The second kappa shape index (κ2) is 9.98. The SMILES string of the molecule is O=c1cc(O)n(CC(F)(F)Cc2cc(F)cc(Cl)c2)c(=O)n1CC(F)(F)Cc1cc(F)cc(Cl)c1. The van der Waals surface area contributed by atoms with Gasteiger partial charge in [0.25, 0.3) is 17.4 Å². The lowest BCUT2D eigenvalue weighted by Gasteiger charge is -2.21. The van der Waals surface area contributed by atoms with Gasteiger partial charge in [0, 0.05) is 22.9 Å². The number of aromatic hydroxyl groups is 1. The fourth-order valence-corrected chi connectivity index (χ4v) is 3.98. The first kappa shape index (κ1) is 26.7. The minimum atomic E-state index is -3.80. The van der Waals surface area contributed by atoms with Gasteiger partial charge in [0.15, 0.2) is 0 Å².